The Hall–Kier alpha value is -0.590. The van der Waals surface area contributed by atoms with Crippen LogP contribution in [0.5, 0.6) is 5.75 Å². The van der Waals surface area contributed by atoms with E-state index in [1.54, 1.807) is 31.4 Å². The van der Waals surface area contributed by atoms with Crippen LogP contribution < -0.4 is 9.46 Å². The van der Waals surface area contributed by atoms with E-state index < -0.39 is 10.0 Å². The summed E-state index contributed by atoms with van der Waals surface area (Å²) in [5, 5.41) is 0.648. The van der Waals surface area contributed by atoms with E-state index in [0.29, 0.717) is 11.1 Å². The fraction of sp³-hybridized carbons (Fsp3) is 0.500. The van der Waals surface area contributed by atoms with Gasteiger partial charge in [-0.15, -0.1) is 0 Å². The maximum absolute atomic E-state index is 12.2. The first-order valence-electron chi connectivity index (χ1n) is 5.75. The van der Waals surface area contributed by atoms with E-state index in [1.807, 2.05) is 0 Å². The zero-order valence-corrected chi connectivity index (χ0v) is 12.6. The molecule has 1 aromatic carbocycles. The predicted octanol–water partition coefficient (Wildman–Crippen LogP) is 2.29. The van der Waals surface area contributed by atoms with E-state index >= 15 is 0 Å². The van der Waals surface area contributed by atoms with Crippen LogP contribution in [0.25, 0.3) is 0 Å². The number of rotatable bonds is 5. The molecule has 1 fully saturated rings. The van der Waals surface area contributed by atoms with Crippen molar-refractivity contribution in [3.05, 3.63) is 24.3 Å². The van der Waals surface area contributed by atoms with Gasteiger partial charge in [0.1, 0.15) is 5.75 Å². The van der Waals surface area contributed by atoms with Crippen molar-refractivity contribution in [2.45, 2.75) is 29.7 Å². The normalized spacial score (nSPS) is 18.1. The molecule has 0 unspecified atom stereocenters. The highest BCUT2D eigenvalue weighted by atomic mass is 79.9. The molecule has 1 aliphatic rings. The molecule has 0 aliphatic heterocycles. The Labute approximate surface area is 116 Å². The third kappa shape index (κ3) is 2.70. The topological polar surface area (TPSA) is 55.4 Å². The zero-order chi connectivity index (χ0) is 13.2. The average Bonchev–Trinajstić information content (AvgIpc) is 2.34. The van der Waals surface area contributed by atoms with Gasteiger partial charge in [0.05, 0.1) is 12.0 Å². The lowest BCUT2D eigenvalue weighted by Gasteiger charge is -2.40. The second-order valence-electron chi connectivity index (χ2n) is 4.55. The van der Waals surface area contributed by atoms with Crippen molar-refractivity contribution in [1.29, 1.82) is 0 Å². The molecule has 18 heavy (non-hydrogen) atoms. The molecule has 0 spiro atoms. The molecular formula is C12H16BrNO3S. The molecular weight excluding hydrogens is 318 g/mol. The molecule has 4 nitrogen and oxygen atoms in total. The predicted molar refractivity (Wildman–Crippen MR) is 73.7 cm³/mol. The Bertz CT molecular complexity index is 503. The van der Waals surface area contributed by atoms with Crippen molar-refractivity contribution >= 4 is 26.0 Å². The molecule has 0 aromatic heterocycles. The van der Waals surface area contributed by atoms with E-state index in [1.165, 1.54) is 0 Å². The van der Waals surface area contributed by atoms with E-state index in [4.69, 9.17) is 4.74 Å². The van der Waals surface area contributed by atoms with Gasteiger partial charge in [0, 0.05) is 10.9 Å². The Balaban J connectivity index is 2.19. The van der Waals surface area contributed by atoms with Crippen molar-refractivity contribution < 1.29 is 13.2 Å². The minimum Gasteiger partial charge on any atom is -0.497 e. The van der Waals surface area contributed by atoms with Crippen molar-refractivity contribution in [1.82, 2.24) is 4.72 Å². The number of nitrogens with one attached hydrogen (secondary N) is 1. The number of benzene rings is 1. The lowest BCUT2D eigenvalue weighted by Crippen LogP contribution is -2.54. The largest absolute Gasteiger partial charge is 0.497 e. The third-order valence-electron chi connectivity index (χ3n) is 3.29. The molecule has 6 heteroatoms. The highest BCUT2D eigenvalue weighted by Gasteiger charge is 2.39. The fourth-order valence-corrected chi connectivity index (χ4v) is 4.31. The Morgan fingerprint density at radius 2 is 1.94 bits per heavy atom. The quantitative estimate of drug-likeness (QED) is 0.841. The van der Waals surface area contributed by atoms with Crippen LogP contribution in [0.3, 0.4) is 0 Å². The molecule has 2 rings (SSSR count). The summed E-state index contributed by atoms with van der Waals surface area (Å²) in [5.74, 6) is 0.646. The smallest absolute Gasteiger partial charge is 0.241 e. The molecule has 0 amide bonds. The Morgan fingerprint density at radius 1 is 1.33 bits per heavy atom. The van der Waals surface area contributed by atoms with Gasteiger partial charge in [0.15, 0.2) is 0 Å². The molecule has 0 atom stereocenters. The summed E-state index contributed by atoms with van der Waals surface area (Å²) in [7, 11) is -1.90. The standard InChI is InChI=1S/C12H16BrNO3S/c1-17-10-3-5-11(6-4-10)18(15,16)14-12(9-13)7-2-8-12/h3-6,14H,2,7-9H2,1H3. The van der Waals surface area contributed by atoms with Gasteiger partial charge in [-0.1, -0.05) is 15.9 Å². The number of sulfonamides is 1. The molecule has 1 aromatic rings. The molecule has 0 saturated heterocycles. The summed E-state index contributed by atoms with van der Waals surface area (Å²) in [5.41, 5.74) is -0.307. The Kier molecular flexibility index (Phi) is 3.99. The molecule has 0 radical (unpaired) electrons. The van der Waals surface area contributed by atoms with Crippen molar-refractivity contribution in [3.8, 4) is 5.75 Å². The molecule has 100 valence electrons. The summed E-state index contributed by atoms with van der Waals surface area (Å²) in [6.07, 6.45) is 2.83. The van der Waals surface area contributed by atoms with Gasteiger partial charge >= 0.3 is 0 Å². The molecule has 1 saturated carbocycles. The van der Waals surface area contributed by atoms with Crippen molar-refractivity contribution in [3.63, 3.8) is 0 Å². The number of halogens is 1. The first-order valence-corrected chi connectivity index (χ1v) is 8.36. The number of methoxy groups -OCH3 is 1. The van der Waals surface area contributed by atoms with Crippen LogP contribution in [0.4, 0.5) is 0 Å². The lowest BCUT2D eigenvalue weighted by atomic mass is 9.80. The zero-order valence-electron chi connectivity index (χ0n) is 10.1. The van der Waals surface area contributed by atoms with Gasteiger partial charge in [0.25, 0.3) is 0 Å². The van der Waals surface area contributed by atoms with E-state index in [9.17, 15) is 8.42 Å². The SMILES string of the molecule is COc1ccc(S(=O)(=O)NC2(CBr)CCC2)cc1. The number of hydrogen-bond donors (Lipinski definition) is 1. The Morgan fingerprint density at radius 3 is 2.33 bits per heavy atom. The lowest BCUT2D eigenvalue weighted by molar-refractivity contribution is 0.256. The van der Waals surface area contributed by atoms with Crippen LogP contribution in [0.2, 0.25) is 0 Å². The summed E-state index contributed by atoms with van der Waals surface area (Å²) in [6.45, 7) is 0. The first kappa shape index (κ1) is 13.8. The van der Waals surface area contributed by atoms with Crippen LogP contribution in [-0.2, 0) is 10.0 Å². The van der Waals surface area contributed by atoms with Gasteiger partial charge in [0.2, 0.25) is 10.0 Å². The van der Waals surface area contributed by atoms with Crippen LogP contribution in [0, 0.1) is 0 Å². The van der Waals surface area contributed by atoms with Crippen LogP contribution >= 0.6 is 15.9 Å². The monoisotopic (exact) mass is 333 g/mol. The molecule has 0 bridgehead atoms. The summed E-state index contributed by atoms with van der Waals surface area (Å²) in [6, 6.07) is 6.41. The second kappa shape index (κ2) is 5.19. The number of ether oxygens (including phenoxy) is 1. The summed E-state index contributed by atoms with van der Waals surface area (Å²) < 4.78 is 32.3. The van der Waals surface area contributed by atoms with Gasteiger partial charge in [-0.05, 0) is 43.5 Å². The highest BCUT2D eigenvalue weighted by molar-refractivity contribution is 9.09. The molecule has 1 aliphatic carbocycles. The van der Waals surface area contributed by atoms with Crippen LogP contribution in [0.15, 0.2) is 29.2 Å². The van der Waals surface area contributed by atoms with Crippen LogP contribution in [-0.4, -0.2) is 26.4 Å². The van der Waals surface area contributed by atoms with Crippen molar-refractivity contribution in [2.24, 2.45) is 0 Å². The van der Waals surface area contributed by atoms with Gasteiger partial charge in [-0.3, -0.25) is 0 Å². The summed E-state index contributed by atoms with van der Waals surface area (Å²) in [4.78, 5) is 0.274. The minimum absolute atomic E-state index is 0.274. The van der Waals surface area contributed by atoms with Crippen LogP contribution in [0.1, 0.15) is 19.3 Å². The third-order valence-corrected chi connectivity index (χ3v) is 5.95. The number of alkyl halides is 1. The highest BCUT2D eigenvalue weighted by Crippen LogP contribution is 2.35. The molecule has 0 heterocycles. The fourth-order valence-electron chi connectivity index (χ4n) is 1.97. The van der Waals surface area contributed by atoms with E-state index in [-0.39, 0.29) is 10.4 Å². The average molecular weight is 334 g/mol. The minimum atomic E-state index is -3.45. The van der Waals surface area contributed by atoms with Gasteiger partial charge in [-0.25, -0.2) is 13.1 Å². The van der Waals surface area contributed by atoms with E-state index in [0.717, 1.165) is 19.3 Å². The maximum atomic E-state index is 12.2. The molecule has 1 N–H and O–H groups in total. The maximum Gasteiger partial charge on any atom is 0.241 e. The van der Waals surface area contributed by atoms with Crippen molar-refractivity contribution in [2.75, 3.05) is 12.4 Å². The summed E-state index contributed by atoms with van der Waals surface area (Å²) >= 11 is 3.38. The van der Waals surface area contributed by atoms with Gasteiger partial charge in [-0.2, -0.15) is 0 Å². The number of hydrogen-bond acceptors (Lipinski definition) is 3. The van der Waals surface area contributed by atoms with Gasteiger partial charge < -0.3 is 4.74 Å². The van der Waals surface area contributed by atoms with E-state index in [2.05, 4.69) is 20.7 Å². The second-order valence-corrected chi connectivity index (χ2v) is 6.79. The first-order chi connectivity index (χ1) is 8.51.